The summed E-state index contributed by atoms with van der Waals surface area (Å²) in [6.07, 6.45) is 3.58. The number of nitrogens with zero attached hydrogens (tertiary/aromatic N) is 3. The van der Waals surface area contributed by atoms with Gasteiger partial charge in [-0.25, -0.2) is 9.97 Å². The molecule has 0 saturated carbocycles. The smallest absolute Gasteiger partial charge is 0.189 e. The molecule has 0 radical (unpaired) electrons. The van der Waals surface area contributed by atoms with Crippen LogP contribution in [-0.2, 0) is 0 Å². The molecule has 0 saturated heterocycles. The maximum Gasteiger partial charge on any atom is 0.189 e. The summed E-state index contributed by atoms with van der Waals surface area (Å²) in [5.74, 6) is 1.42. The molecule has 0 spiro atoms. The topological polar surface area (TPSA) is 83.8 Å². The third kappa shape index (κ3) is 2.28. The highest BCUT2D eigenvalue weighted by Crippen LogP contribution is 2.37. The fourth-order valence-electron chi connectivity index (χ4n) is 2.59. The number of nitrogens with one attached hydrogen (secondary N) is 1. The van der Waals surface area contributed by atoms with Crippen molar-refractivity contribution in [1.29, 1.82) is 5.26 Å². The van der Waals surface area contributed by atoms with E-state index in [4.69, 9.17) is 9.47 Å². The maximum atomic E-state index is 9.34. The zero-order valence-corrected chi connectivity index (χ0v) is 13.1. The van der Waals surface area contributed by atoms with Crippen LogP contribution in [0.3, 0.4) is 0 Å². The first kappa shape index (κ1) is 13.9. The number of ether oxygens (including phenoxy) is 2. The van der Waals surface area contributed by atoms with Gasteiger partial charge in [-0.1, -0.05) is 11.8 Å². The minimum Gasteiger partial charge on any atom is -0.486 e. The molecule has 114 valence electrons. The zero-order chi connectivity index (χ0) is 15.8. The molecule has 0 unspecified atom stereocenters. The van der Waals surface area contributed by atoms with Crippen molar-refractivity contribution in [3.05, 3.63) is 30.0 Å². The standard InChI is InChI=1S/C16H12N4O2S/c1-23-16-19-14(13-10(7-17)8-18-15(13)20-16)9-2-3-11-12(6-9)22-5-4-21-11/h2-3,6,8H,4-5H2,1H3,(H,18,19,20). The molecule has 0 bridgehead atoms. The summed E-state index contributed by atoms with van der Waals surface area (Å²) < 4.78 is 11.2. The van der Waals surface area contributed by atoms with Crippen molar-refractivity contribution in [1.82, 2.24) is 15.0 Å². The van der Waals surface area contributed by atoms with Crippen molar-refractivity contribution < 1.29 is 9.47 Å². The van der Waals surface area contributed by atoms with Crippen molar-refractivity contribution in [2.24, 2.45) is 0 Å². The van der Waals surface area contributed by atoms with Gasteiger partial charge in [-0.05, 0) is 24.5 Å². The third-order valence-corrected chi connectivity index (χ3v) is 4.18. The van der Waals surface area contributed by atoms with Gasteiger partial charge >= 0.3 is 0 Å². The molecule has 0 aliphatic carbocycles. The second-order valence-electron chi connectivity index (χ2n) is 4.96. The van der Waals surface area contributed by atoms with E-state index in [9.17, 15) is 5.26 Å². The predicted octanol–water partition coefficient (Wildman–Crippen LogP) is 2.99. The number of aromatic nitrogens is 3. The monoisotopic (exact) mass is 324 g/mol. The van der Waals surface area contributed by atoms with Gasteiger partial charge in [-0.3, -0.25) is 0 Å². The number of hydrogen-bond donors (Lipinski definition) is 1. The van der Waals surface area contributed by atoms with Crippen molar-refractivity contribution in [3.8, 4) is 28.8 Å². The Morgan fingerprint density at radius 2 is 2.04 bits per heavy atom. The highest BCUT2D eigenvalue weighted by Gasteiger charge is 2.18. The van der Waals surface area contributed by atoms with Crippen LogP contribution in [0, 0.1) is 11.3 Å². The summed E-state index contributed by atoms with van der Waals surface area (Å²) in [6.45, 7) is 1.08. The van der Waals surface area contributed by atoms with Gasteiger partial charge in [-0.2, -0.15) is 5.26 Å². The molecular weight excluding hydrogens is 312 g/mol. The Hall–Kier alpha value is -2.72. The molecule has 1 aromatic carbocycles. The van der Waals surface area contributed by atoms with E-state index in [1.165, 1.54) is 11.8 Å². The molecular formula is C16H12N4O2S. The van der Waals surface area contributed by atoms with Gasteiger partial charge in [-0.15, -0.1) is 0 Å². The van der Waals surface area contributed by atoms with E-state index in [0.717, 1.165) is 16.7 Å². The first-order chi connectivity index (χ1) is 11.3. The van der Waals surface area contributed by atoms with E-state index in [1.54, 1.807) is 6.20 Å². The minimum atomic E-state index is 0.526. The summed E-state index contributed by atoms with van der Waals surface area (Å²) in [5.41, 5.74) is 2.77. The zero-order valence-electron chi connectivity index (χ0n) is 12.3. The number of fused-ring (bicyclic) bond motifs is 2. The number of rotatable bonds is 2. The summed E-state index contributed by atoms with van der Waals surface area (Å²) in [5, 5.41) is 10.7. The van der Waals surface area contributed by atoms with Gasteiger partial charge in [0.15, 0.2) is 16.7 Å². The lowest BCUT2D eigenvalue weighted by Crippen LogP contribution is -2.15. The summed E-state index contributed by atoms with van der Waals surface area (Å²) >= 11 is 1.46. The number of nitriles is 1. The Morgan fingerprint density at radius 3 is 2.83 bits per heavy atom. The number of thioether (sulfide) groups is 1. The molecule has 1 aliphatic rings. The molecule has 7 heteroatoms. The lowest BCUT2D eigenvalue weighted by molar-refractivity contribution is 0.171. The second kappa shape index (κ2) is 5.48. The van der Waals surface area contributed by atoms with Crippen molar-refractivity contribution in [3.63, 3.8) is 0 Å². The molecule has 0 atom stereocenters. The highest BCUT2D eigenvalue weighted by molar-refractivity contribution is 7.98. The minimum absolute atomic E-state index is 0.526. The van der Waals surface area contributed by atoms with E-state index in [0.29, 0.717) is 41.0 Å². The summed E-state index contributed by atoms with van der Waals surface area (Å²) in [6, 6.07) is 7.88. The van der Waals surface area contributed by atoms with Crippen LogP contribution in [-0.4, -0.2) is 34.4 Å². The molecule has 3 aromatic rings. The van der Waals surface area contributed by atoms with E-state index < -0.39 is 0 Å². The number of hydrogen-bond acceptors (Lipinski definition) is 6. The molecule has 23 heavy (non-hydrogen) atoms. The molecule has 4 rings (SSSR count). The average Bonchev–Trinajstić information content (AvgIpc) is 3.03. The molecule has 1 aliphatic heterocycles. The Kier molecular flexibility index (Phi) is 3.32. The van der Waals surface area contributed by atoms with Gasteiger partial charge < -0.3 is 14.5 Å². The fourth-order valence-corrected chi connectivity index (χ4v) is 2.96. The lowest BCUT2D eigenvalue weighted by atomic mass is 10.1. The molecule has 2 aromatic heterocycles. The maximum absolute atomic E-state index is 9.34. The van der Waals surface area contributed by atoms with E-state index >= 15 is 0 Å². The number of aromatic amines is 1. The summed E-state index contributed by atoms with van der Waals surface area (Å²) in [4.78, 5) is 12.1. The van der Waals surface area contributed by atoms with Crippen LogP contribution in [0.4, 0.5) is 0 Å². The van der Waals surface area contributed by atoms with Crippen molar-refractivity contribution in [2.45, 2.75) is 5.16 Å². The van der Waals surface area contributed by atoms with Crippen LogP contribution >= 0.6 is 11.8 Å². The van der Waals surface area contributed by atoms with E-state index in [-0.39, 0.29) is 0 Å². The summed E-state index contributed by atoms with van der Waals surface area (Å²) in [7, 11) is 0. The predicted molar refractivity (Wildman–Crippen MR) is 86.8 cm³/mol. The van der Waals surface area contributed by atoms with Gasteiger partial charge in [0, 0.05) is 11.8 Å². The van der Waals surface area contributed by atoms with Crippen LogP contribution in [0.25, 0.3) is 22.3 Å². The first-order valence-corrected chi connectivity index (χ1v) is 8.26. The van der Waals surface area contributed by atoms with Crippen LogP contribution in [0.1, 0.15) is 5.56 Å². The largest absolute Gasteiger partial charge is 0.486 e. The normalized spacial score (nSPS) is 13.0. The number of H-pyrrole nitrogens is 1. The van der Waals surface area contributed by atoms with Gasteiger partial charge in [0.1, 0.15) is 24.9 Å². The second-order valence-corrected chi connectivity index (χ2v) is 5.73. The molecule has 1 N–H and O–H groups in total. The van der Waals surface area contributed by atoms with Crippen molar-refractivity contribution >= 4 is 22.8 Å². The van der Waals surface area contributed by atoms with Gasteiger partial charge in [0.05, 0.1) is 16.6 Å². The van der Waals surface area contributed by atoms with Crippen LogP contribution in [0.15, 0.2) is 29.6 Å². The molecule has 0 fully saturated rings. The molecule has 3 heterocycles. The Balaban J connectivity index is 1.97. The van der Waals surface area contributed by atoms with Crippen LogP contribution in [0.2, 0.25) is 0 Å². The lowest BCUT2D eigenvalue weighted by Gasteiger charge is -2.19. The van der Waals surface area contributed by atoms with Crippen LogP contribution in [0.5, 0.6) is 11.5 Å². The Morgan fingerprint density at radius 1 is 1.22 bits per heavy atom. The Labute approximate surface area is 136 Å². The third-order valence-electron chi connectivity index (χ3n) is 3.63. The molecule has 0 amide bonds. The highest BCUT2D eigenvalue weighted by atomic mass is 32.2. The Bertz CT molecular complexity index is 945. The van der Waals surface area contributed by atoms with E-state index in [2.05, 4.69) is 21.0 Å². The average molecular weight is 324 g/mol. The fraction of sp³-hybridized carbons (Fsp3) is 0.188. The van der Waals surface area contributed by atoms with Gasteiger partial charge in [0.2, 0.25) is 0 Å². The van der Waals surface area contributed by atoms with Crippen LogP contribution < -0.4 is 9.47 Å². The number of benzene rings is 1. The van der Waals surface area contributed by atoms with Crippen molar-refractivity contribution in [2.75, 3.05) is 19.5 Å². The molecule has 6 nitrogen and oxygen atoms in total. The van der Waals surface area contributed by atoms with E-state index in [1.807, 2.05) is 24.5 Å². The SMILES string of the molecule is CSc1nc(-c2ccc3c(c2)OCCO3)c2c(C#N)c[nH]c2n1. The quantitative estimate of drug-likeness (QED) is 0.576. The first-order valence-electron chi connectivity index (χ1n) is 7.03. The van der Waals surface area contributed by atoms with Gasteiger partial charge in [0.25, 0.3) is 0 Å².